The average molecular weight is 249 g/mol. The van der Waals surface area contributed by atoms with Gasteiger partial charge in [0.15, 0.2) is 5.16 Å². The fraction of sp³-hybridized carbons (Fsp3) is 0.273. The first-order valence-corrected chi connectivity index (χ1v) is 6.84. The molecule has 0 amide bonds. The Balaban J connectivity index is 2.30. The maximum Gasteiger partial charge on any atom is 0.217 e. The van der Waals surface area contributed by atoms with E-state index in [0.29, 0.717) is 5.25 Å². The lowest BCUT2D eigenvalue weighted by atomic mass is 10.3. The molecule has 0 aliphatic heterocycles. The zero-order valence-electron chi connectivity index (χ0n) is 9.04. The van der Waals surface area contributed by atoms with Crippen LogP contribution in [0, 0.1) is 0 Å². The molecule has 2 aromatic heterocycles. The van der Waals surface area contributed by atoms with Crippen LogP contribution in [0.4, 0.5) is 0 Å². The number of nitrogens with zero attached hydrogens (tertiary/aromatic N) is 3. The van der Waals surface area contributed by atoms with Gasteiger partial charge in [0, 0.05) is 5.25 Å². The molecule has 0 saturated heterocycles. The molecule has 0 bridgehead atoms. The SMILES string of the molecule is CC(C)Sc1nnc2sc3ccccc3n12. The van der Waals surface area contributed by atoms with E-state index >= 15 is 0 Å². The summed E-state index contributed by atoms with van der Waals surface area (Å²) in [4.78, 5) is 0.976. The van der Waals surface area contributed by atoms with Gasteiger partial charge in [-0.15, -0.1) is 10.2 Å². The first-order chi connectivity index (χ1) is 7.75. The molecule has 82 valence electrons. The number of rotatable bonds is 2. The molecule has 0 aliphatic rings. The molecule has 3 nitrogen and oxygen atoms in total. The van der Waals surface area contributed by atoms with Crippen LogP contribution in [-0.4, -0.2) is 19.8 Å². The first kappa shape index (κ1) is 10.1. The van der Waals surface area contributed by atoms with Crippen molar-refractivity contribution in [1.82, 2.24) is 14.6 Å². The number of benzene rings is 1. The van der Waals surface area contributed by atoms with Gasteiger partial charge >= 0.3 is 0 Å². The second-order valence-corrected chi connectivity index (χ2v) is 6.39. The lowest BCUT2D eigenvalue weighted by molar-refractivity contribution is 0.930. The van der Waals surface area contributed by atoms with Gasteiger partial charge < -0.3 is 0 Å². The van der Waals surface area contributed by atoms with Crippen LogP contribution in [0.5, 0.6) is 0 Å². The van der Waals surface area contributed by atoms with Crippen molar-refractivity contribution < 1.29 is 0 Å². The molecule has 3 rings (SSSR count). The Bertz CT molecular complexity index is 639. The third-order valence-electron chi connectivity index (χ3n) is 2.25. The number of fused-ring (bicyclic) bond motifs is 3. The van der Waals surface area contributed by atoms with Crippen LogP contribution >= 0.6 is 23.1 Å². The summed E-state index contributed by atoms with van der Waals surface area (Å²) in [7, 11) is 0. The lowest BCUT2D eigenvalue weighted by Crippen LogP contribution is -1.91. The Morgan fingerprint density at radius 3 is 2.88 bits per heavy atom. The molecule has 0 spiro atoms. The minimum Gasteiger partial charge on any atom is -0.260 e. The maximum absolute atomic E-state index is 4.23. The number of aromatic nitrogens is 3. The van der Waals surface area contributed by atoms with E-state index in [0.717, 1.165) is 10.1 Å². The van der Waals surface area contributed by atoms with Gasteiger partial charge in [0.2, 0.25) is 4.96 Å². The van der Waals surface area contributed by atoms with E-state index in [9.17, 15) is 0 Å². The van der Waals surface area contributed by atoms with Gasteiger partial charge in [-0.1, -0.05) is 49.1 Å². The van der Waals surface area contributed by atoms with Gasteiger partial charge in [-0.3, -0.25) is 4.40 Å². The lowest BCUT2D eigenvalue weighted by Gasteiger charge is -2.01. The highest BCUT2D eigenvalue weighted by Gasteiger charge is 2.13. The number of para-hydroxylation sites is 1. The summed E-state index contributed by atoms with van der Waals surface area (Å²) in [6.45, 7) is 4.33. The molecule has 5 heteroatoms. The van der Waals surface area contributed by atoms with Crippen molar-refractivity contribution in [3.05, 3.63) is 24.3 Å². The van der Waals surface area contributed by atoms with Crippen molar-refractivity contribution >= 4 is 38.3 Å². The third kappa shape index (κ3) is 1.51. The molecule has 0 saturated carbocycles. The fourth-order valence-electron chi connectivity index (χ4n) is 1.64. The Hall–Kier alpha value is -1.07. The standard InChI is InChI=1S/C11H11N3S2/c1-7(2)15-10-12-13-11-14(10)8-5-3-4-6-9(8)16-11/h3-7H,1-2H3. The predicted molar refractivity (Wildman–Crippen MR) is 69.4 cm³/mol. The highest BCUT2D eigenvalue weighted by molar-refractivity contribution is 7.99. The smallest absolute Gasteiger partial charge is 0.217 e. The van der Waals surface area contributed by atoms with E-state index in [1.807, 2.05) is 0 Å². The molecule has 0 unspecified atom stereocenters. The highest BCUT2D eigenvalue weighted by atomic mass is 32.2. The van der Waals surface area contributed by atoms with Gasteiger partial charge in [0.1, 0.15) is 0 Å². The summed E-state index contributed by atoms with van der Waals surface area (Å²) in [6, 6.07) is 8.35. The summed E-state index contributed by atoms with van der Waals surface area (Å²) in [5.41, 5.74) is 1.20. The Labute approximate surface area is 101 Å². The molecule has 0 aliphatic carbocycles. The van der Waals surface area contributed by atoms with E-state index in [1.54, 1.807) is 23.1 Å². The Morgan fingerprint density at radius 2 is 2.06 bits per heavy atom. The molecule has 1 aromatic carbocycles. The minimum absolute atomic E-state index is 0.520. The van der Waals surface area contributed by atoms with Crippen LogP contribution in [0.3, 0.4) is 0 Å². The molecule has 0 fully saturated rings. The summed E-state index contributed by atoms with van der Waals surface area (Å²) in [5.74, 6) is 0. The zero-order chi connectivity index (χ0) is 11.1. The first-order valence-electron chi connectivity index (χ1n) is 5.15. The number of hydrogen-bond donors (Lipinski definition) is 0. The van der Waals surface area contributed by atoms with Gasteiger partial charge in [-0.05, 0) is 12.1 Å². The highest BCUT2D eigenvalue weighted by Crippen LogP contribution is 2.30. The van der Waals surface area contributed by atoms with Crippen molar-refractivity contribution in [2.45, 2.75) is 24.3 Å². The van der Waals surface area contributed by atoms with Crippen molar-refractivity contribution in [2.24, 2.45) is 0 Å². The second kappa shape index (κ2) is 3.75. The number of thioether (sulfide) groups is 1. The monoisotopic (exact) mass is 249 g/mol. The van der Waals surface area contributed by atoms with E-state index in [4.69, 9.17) is 0 Å². The van der Waals surface area contributed by atoms with Crippen LogP contribution in [-0.2, 0) is 0 Å². The summed E-state index contributed by atoms with van der Waals surface area (Å²) < 4.78 is 3.41. The largest absolute Gasteiger partial charge is 0.260 e. The van der Waals surface area contributed by atoms with E-state index in [2.05, 4.69) is 52.7 Å². The van der Waals surface area contributed by atoms with Gasteiger partial charge in [-0.25, -0.2) is 0 Å². The van der Waals surface area contributed by atoms with Crippen molar-refractivity contribution in [3.8, 4) is 0 Å². The second-order valence-electron chi connectivity index (χ2n) is 3.84. The zero-order valence-corrected chi connectivity index (χ0v) is 10.7. The van der Waals surface area contributed by atoms with Crippen LogP contribution in [0.1, 0.15) is 13.8 Å². The molecule has 0 atom stereocenters. The normalized spacial score (nSPS) is 11.9. The predicted octanol–water partition coefficient (Wildman–Crippen LogP) is 3.44. The fourth-order valence-corrected chi connectivity index (χ4v) is 3.47. The third-order valence-corrected chi connectivity index (χ3v) is 4.21. The number of hydrogen-bond acceptors (Lipinski definition) is 4. The minimum atomic E-state index is 0.520. The van der Waals surface area contributed by atoms with Crippen molar-refractivity contribution in [3.63, 3.8) is 0 Å². The van der Waals surface area contributed by atoms with Crippen molar-refractivity contribution in [1.29, 1.82) is 0 Å². The quantitative estimate of drug-likeness (QED) is 0.652. The Kier molecular flexibility index (Phi) is 2.37. The van der Waals surface area contributed by atoms with E-state index in [1.165, 1.54) is 10.2 Å². The summed E-state index contributed by atoms with van der Waals surface area (Å²) in [6.07, 6.45) is 0. The van der Waals surface area contributed by atoms with E-state index in [-0.39, 0.29) is 0 Å². The summed E-state index contributed by atoms with van der Waals surface area (Å²) >= 11 is 3.44. The number of thiazole rings is 1. The molecule has 0 radical (unpaired) electrons. The van der Waals surface area contributed by atoms with Gasteiger partial charge in [0.05, 0.1) is 10.2 Å². The topological polar surface area (TPSA) is 30.2 Å². The van der Waals surface area contributed by atoms with Crippen LogP contribution < -0.4 is 0 Å². The van der Waals surface area contributed by atoms with E-state index < -0.39 is 0 Å². The molecule has 16 heavy (non-hydrogen) atoms. The van der Waals surface area contributed by atoms with Crippen LogP contribution in [0.15, 0.2) is 29.4 Å². The summed E-state index contributed by atoms with van der Waals surface area (Å²) in [5, 5.41) is 9.96. The van der Waals surface area contributed by atoms with Crippen molar-refractivity contribution in [2.75, 3.05) is 0 Å². The molecule has 0 N–H and O–H groups in total. The Morgan fingerprint density at radius 1 is 1.25 bits per heavy atom. The van der Waals surface area contributed by atoms with Gasteiger partial charge in [0.25, 0.3) is 0 Å². The molecular weight excluding hydrogens is 238 g/mol. The molecule has 3 aromatic rings. The molecule has 2 heterocycles. The molecular formula is C11H11N3S2. The van der Waals surface area contributed by atoms with Gasteiger partial charge in [-0.2, -0.15) is 0 Å². The average Bonchev–Trinajstić information content (AvgIpc) is 2.77. The maximum atomic E-state index is 4.23. The van der Waals surface area contributed by atoms with Crippen LogP contribution in [0.2, 0.25) is 0 Å². The van der Waals surface area contributed by atoms with Crippen LogP contribution in [0.25, 0.3) is 15.2 Å².